The summed E-state index contributed by atoms with van der Waals surface area (Å²) in [5.74, 6) is -1.55. The lowest BCUT2D eigenvalue weighted by atomic mass is 10.1. The van der Waals surface area contributed by atoms with Crippen molar-refractivity contribution in [1.82, 2.24) is 5.48 Å². The molecule has 1 amide bonds. The largest absolute Gasteiger partial charge is 0.478 e. The topological polar surface area (TPSA) is 86.6 Å². The zero-order valence-electron chi connectivity index (χ0n) is 7.23. The lowest BCUT2D eigenvalue weighted by molar-refractivity contribution is -0.128. The minimum absolute atomic E-state index is 0.0242. The molecule has 0 saturated carbocycles. The quantitative estimate of drug-likeness (QED) is 0.482. The highest BCUT2D eigenvalue weighted by atomic mass is 16.5. The van der Waals surface area contributed by atoms with Crippen LogP contribution >= 0.6 is 0 Å². The Hall–Kier alpha value is -1.88. The second-order valence-corrected chi connectivity index (χ2v) is 2.71. The molecule has 1 aromatic rings. The van der Waals surface area contributed by atoms with E-state index in [1.807, 2.05) is 0 Å². The van der Waals surface area contributed by atoms with Gasteiger partial charge in [-0.2, -0.15) is 0 Å². The number of hydrogen-bond acceptors (Lipinski definition) is 3. The zero-order chi connectivity index (χ0) is 10.6. The van der Waals surface area contributed by atoms with Crippen molar-refractivity contribution in [2.45, 2.75) is 6.42 Å². The molecular weight excluding hydrogens is 186 g/mol. The number of nitrogens with one attached hydrogen (secondary N) is 1. The van der Waals surface area contributed by atoms with E-state index in [4.69, 9.17) is 10.3 Å². The van der Waals surface area contributed by atoms with Crippen LogP contribution in [0.5, 0.6) is 0 Å². The van der Waals surface area contributed by atoms with E-state index >= 15 is 0 Å². The van der Waals surface area contributed by atoms with E-state index in [9.17, 15) is 9.59 Å². The molecule has 0 bridgehead atoms. The number of carbonyl (C=O) groups excluding carboxylic acids is 1. The molecular formula is C9H9NO4. The Bertz CT molecular complexity index is 344. The van der Waals surface area contributed by atoms with Gasteiger partial charge in [-0.05, 0) is 17.7 Å². The molecule has 0 fully saturated rings. The van der Waals surface area contributed by atoms with Crippen LogP contribution in [0.1, 0.15) is 15.9 Å². The van der Waals surface area contributed by atoms with Crippen LogP contribution in [0.25, 0.3) is 0 Å². The first-order valence-electron chi connectivity index (χ1n) is 3.88. The van der Waals surface area contributed by atoms with E-state index in [0.717, 1.165) is 0 Å². The van der Waals surface area contributed by atoms with Gasteiger partial charge in [-0.1, -0.05) is 12.1 Å². The summed E-state index contributed by atoms with van der Waals surface area (Å²) in [7, 11) is 0. The molecule has 0 aliphatic carbocycles. The SMILES string of the molecule is O=C(Cc1ccc(C(=O)O)cc1)NO. The molecule has 3 N–H and O–H groups in total. The van der Waals surface area contributed by atoms with Gasteiger partial charge in [0.1, 0.15) is 0 Å². The maximum atomic E-state index is 10.7. The monoisotopic (exact) mass is 195 g/mol. The molecule has 0 aromatic heterocycles. The van der Waals surface area contributed by atoms with Crippen molar-refractivity contribution in [2.24, 2.45) is 0 Å². The molecule has 74 valence electrons. The number of rotatable bonds is 3. The van der Waals surface area contributed by atoms with Gasteiger partial charge < -0.3 is 5.11 Å². The number of amides is 1. The van der Waals surface area contributed by atoms with Crippen molar-refractivity contribution in [1.29, 1.82) is 0 Å². The van der Waals surface area contributed by atoms with Crippen molar-refractivity contribution >= 4 is 11.9 Å². The van der Waals surface area contributed by atoms with Crippen LogP contribution in [-0.4, -0.2) is 22.2 Å². The van der Waals surface area contributed by atoms with E-state index < -0.39 is 11.9 Å². The number of hydroxylamine groups is 1. The van der Waals surface area contributed by atoms with Gasteiger partial charge in [0.2, 0.25) is 5.91 Å². The third kappa shape index (κ3) is 2.56. The molecule has 0 atom stereocenters. The molecule has 0 aliphatic rings. The molecule has 5 heteroatoms. The zero-order valence-corrected chi connectivity index (χ0v) is 7.23. The molecule has 1 rings (SSSR count). The third-order valence-corrected chi connectivity index (χ3v) is 1.69. The molecule has 0 spiro atoms. The molecule has 0 heterocycles. The van der Waals surface area contributed by atoms with E-state index in [1.54, 1.807) is 0 Å². The minimum Gasteiger partial charge on any atom is -0.478 e. The summed E-state index contributed by atoms with van der Waals surface area (Å²) in [4.78, 5) is 21.2. The fraction of sp³-hybridized carbons (Fsp3) is 0.111. The van der Waals surface area contributed by atoms with Crippen LogP contribution < -0.4 is 5.48 Å². The van der Waals surface area contributed by atoms with Gasteiger partial charge in [-0.15, -0.1) is 0 Å². The summed E-state index contributed by atoms with van der Waals surface area (Å²) in [5.41, 5.74) is 2.30. The van der Waals surface area contributed by atoms with Crippen LogP contribution in [0.15, 0.2) is 24.3 Å². The molecule has 1 aromatic carbocycles. The second kappa shape index (κ2) is 4.38. The lowest BCUT2D eigenvalue weighted by Gasteiger charge is -1.99. The lowest BCUT2D eigenvalue weighted by Crippen LogP contribution is -2.20. The summed E-state index contributed by atoms with van der Waals surface area (Å²) in [6.07, 6.45) is 0.0242. The molecule has 0 aliphatic heterocycles. The van der Waals surface area contributed by atoms with Crippen molar-refractivity contribution in [3.63, 3.8) is 0 Å². The standard InChI is InChI=1S/C9H9NO4/c11-8(10-14)5-6-1-3-7(4-2-6)9(12)13/h1-4,14H,5H2,(H,10,11)(H,12,13). The number of benzene rings is 1. The Balaban J connectivity index is 2.73. The van der Waals surface area contributed by atoms with Crippen molar-refractivity contribution < 1.29 is 19.9 Å². The van der Waals surface area contributed by atoms with Crippen LogP contribution in [0.4, 0.5) is 0 Å². The van der Waals surface area contributed by atoms with E-state index in [1.165, 1.54) is 29.7 Å². The summed E-state index contributed by atoms with van der Waals surface area (Å²) < 4.78 is 0. The maximum absolute atomic E-state index is 10.7. The van der Waals surface area contributed by atoms with Crippen LogP contribution in [-0.2, 0) is 11.2 Å². The Morgan fingerprint density at radius 1 is 1.21 bits per heavy atom. The van der Waals surface area contributed by atoms with Gasteiger partial charge >= 0.3 is 5.97 Å². The van der Waals surface area contributed by atoms with Crippen LogP contribution in [0.3, 0.4) is 0 Å². The van der Waals surface area contributed by atoms with Crippen molar-refractivity contribution in [3.8, 4) is 0 Å². The van der Waals surface area contributed by atoms with Gasteiger partial charge in [0.05, 0.1) is 12.0 Å². The van der Waals surface area contributed by atoms with Gasteiger partial charge in [0, 0.05) is 0 Å². The number of carboxylic acids is 1. The predicted octanol–water partition coefficient (Wildman–Crippen LogP) is 0.433. The van der Waals surface area contributed by atoms with E-state index in [2.05, 4.69) is 0 Å². The average Bonchev–Trinajstić information content (AvgIpc) is 2.18. The first-order chi connectivity index (χ1) is 6.63. The highest BCUT2D eigenvalue weighted by Crippen LogP contribution is 2.04. The number of carbonyl (C=O) groups is 2. The normalized spacial score (nSPS) is 9.50. The fourth-order valence-electron chi connectivity index (χ4n) is 0.990. The predicted molar refractivity (Wildman–Crippen MR) is 47.0 cm³/mol. The van der Waals surface area contributed by atoms with E-state index in [-0.39, 0.29) is 12.0 Å². The first kappa shape index (κ1) is 10.2. The van der Waals surface area contributed by atoms with Crippen molar-refractivity contribution in [3.05, 3.63) is 35.4 Å². The fourth-order valence-corrected chi connectivity index (χ4v) is 0.990. The number of carboxylic acid groups (broad SMARTS) is 1. The van der Waals surface area contributed by atoms with Gasteiger partial charge in [0.15, 0.2) is 0 Å². The minimum atomic E-state index is -1.01. The van der Waals surface area contributed by atoms with Gasteiger partial charge in [-0.3, -0.25) is 10.0 Å². The Morgan fingerprint density at radius 3 is 2.21 bits per heavy atom. The highest BCUT2D eigenvalue weighted by Gasteiger charge is 2.04. The Kier molecular flexibility index (Phi) is 3.19. The Labute approximate surface area is 79.9 Å². The van der Waals surface area contributed by atoms with Crippen LogP contribution in [0.2, 0.25) is 0 Å². The van der Waals surface area contributed by atoms with Gasteiger partial charge in [0.25, 0.3) is 0 Å². The van der Waals surface area contributed by atoms with E-state index in [0.29, 0.717) is 5.56 Å². The molecule has 5 nitrogen and oxygen atoms in total. The third-order valence-electron chi connectivity index (χ3n) is 1.69. The molecule has 14 heavy (non-hydrogen) atoms. The maximum Gasteiger partial charge on any atom is 0.335 e. The smallest absolute Gasteiger partial charge is 0.335 e. The van der Waals surface area contributed by atoms with Gasteiger partial charge in [-0.25, -0.2) is 10.3 Å². The summed E-state index contributed by atoms with van der Waals surface area (Å²) in [6.45, 7) is 0. The van der Waals surface area contributed by atoms with Crippen LogP contribution in [0, 0.1) is 0 Å². The average molecular weight is 195 g/mol. The molecule has 0 unspecified atom stereocenters. The second-order valence-electron chi connectivity index (χ2n) is 2.71. The van der Waals surface area contributed by atoms with Crippen molar-refractivity contribution in [2.75, 3.05) is 0 Å². The highest BCUT2D eigenvalue weighted by molar-refractivity contribution is 5.87. The summed E-state index contributed by atoms with van der Waals surface area (Å²) in [5, 5.41) is 16.8. The first-order valence-corrected chi connectivity index (χ1v) is 3.88. The Morgan fingerprint density at radius 2 is 1.79 bits per heavy atom. The number of hydrogen-bond donors (Lipinski definition) is 3. The molecule has 0 saturated heterocycles. The summed E-state index contributed by atoms with van der Waals surface area (Å²) in [6, 6.07) is 5.86. The molecule has 0 radical (unpaired) electrons. The number of aromatic carboxylic acids is 1. The summed E-state index contributed by atoms with van der Waals surface area (Å²) >= 11 is 0.